The van der Waals surface area contributed by atoms with Crippen molar-refractivity contribution in [2.75, 3.05) is 0 Å². The van der Waals surface area contributed by atoms with Crippen LogP contribution in [0.25, 0.3) is 10.9 Å². The molecule has 0 spiro atoms. The van der Waals surface area contributed by atoms with Crippen LogP contribution in [0.15, 0.2) is 18.2 Å². The summed E-state index contributed by atoms with van der Waals surface area (Å²) in [7, 11) is 0. The molecule has 1 aromatic heterocycles. The number of hydrogen-bond donors (Lipinski definition) is 2. The van der Waals surface area contributed by atoms with Gasteiger partial charge >= 0.3 is 0 Å². The lowest BCUT2D eigenvalue weighted by Crippen LogP contribution is -2.32. The van der Waals surface area contributed by atoms with E-state index in [2.05, 4.69) is 42.3 Å². The fraction of sp³-hybridized carbons (Fsp3) is 0.467. The summed E-state index contributed by atoms with van der Waals surface area (Å²) >= 11 is 0. The van der Waals surface area contributed by atoms with Crippen molar-refractivity contribution in [3.63, 3.8) is 0 Å². The fourth-order valence-corrected chi connectivity index (χ4v) is 2.95. The van der Waals surface area contributed by atoms with Gasteiger partial charge < -0.3 is 10.3 Å². The van der Waals surface area contributed by atoms with Gasteiger partial charge in [0, 0.05) is 35.6 Å². The number of H-pyrrole nitrogens is 1. The van der Waals surface area contributed by atoms with Gasteiger partial charge in [0.25, 0.3) is 0 Å². The molecule has 0 saturated carbocycles. The fourth-order valence-electron chi connectivity index (χ4n) is 2.95. The number of fused-ring (bicyclic) bond motifs is 3. The first-order chi connectivity index (χ1) is 8.29. The maximum absolute atomic E-state index is 3.61. The normalized spacial score (nSPS) is 19.5. The minimum atomic E-state index is 0.588. The topological polar surface area (TPSA) is 27.8 Å². The SMILES string of the molecule is CCCc1cccc2[nH]c3c(c12)CNC(C)C3. The third-order valence-electron chi connectivity index (χ3n) is 3.76. The Hall–Kier alpha value is -1.28. The lowest BCUT2D eigenvalue weighted by molar-refractivity contribution is 0.511. The summed E-state index contributed by atoms with van der Waals surface area (Å²) < 4.78 is 0. The Balaban J connectivity index is 2.18. The molecule has 2 heteroatoms. The van der Waals surface area contributed by atoms with Crippen molar-refractivity contribution < 1.29 is 0 Å². The van der Waals surface area contributed by atoms with E-state index in [1.165, 1.54) is 40.6 Å². The van der Waals surface area contributed by atoms with Gasteiger partial charge in [-0.25, -0.2) is 0 Å². The van der Waals surface area contributed by atoms with Gasteiger partial charge in [-0.1, -0.05) is 25.5 Å². The number of rotatable bonds is 2. The summed E-state index contributed by atoms with van der Waals surface area (Å²) in [6.45, 7) is 5.51. The monoisotopic (exact) mass is 228 g/mol. The number of hydrogen-bond acceptors (Lipinski definition) is 1. The van der Waals surface area contributed by atoms with E-state index in [-0.39, 0.29) is 0 Å². The molecule has 0 radical (unpaired) electrons. The molecule has 1 unspecified atom stereocenters. The minimum absolute atomic E-state index is 0.588. The van der Waals surface area contributed by atoms with Crippen molar-refractivity contribution >= 4 is 10.9 Å². The Morgan fingerprint density at radius 2 is 2.24 bits per heavy atom. The molecular formula is C15H20N2. The molecule has 0 aliphatic carbocycles. The zero-order chi connectivity index (χ0) is 11.8. The summed E-state index contributed by atoms with van der Waals surface area (Å²) in [5.41, 5.74) is 5.76. The second-order valence-electron chi connectivity index (χ2n) is 5.16. The molecule has 90 valence electrons. The van der Waals surface area contributed by atoms with Crippen molar-refractivity contribution in [2.45, 2.75) is 45.7 Å². The molecule has 2 nitrogen and oxygen atoms in total. The second-order valence-corrected chi connectivity index (χ2v) is 5.16. The molecule has 1 aromatic carbocycles. The van der Waals surface area contributed by atoms with E-state index in [9.17, 15) is 0 Å². The van der Waals surface area contributed by atoms with Crippen LogP contribution in [0.3, 0.4) is 0 Å². The van der Waals surface area contributed by atoms with E-state index in [0.29, 0.717) is 6.04 Å². The number of aromatic amines is 1. The highest BCUT2D eigenvalue weighted by atomic mass is 14.9. The summed E-state index contributed by atoms with van der Waals surface area (Å²) in [6.07, 6.45) is 3.51. The molecule has 2 heterocycles. The molecule has 3 rings (SSSR count). The van der Waals surface area contributed by atoms with Gasteiger partial charge in [-0.05, 0) is 30.5 Å². The molecule has 0 bridgehead atoms. The molecular weight excluding hydrogens is 208 g/mol. The van der Waals surface area contributed by atoms with Crippen LogP contribution in [0, 0.1) is 0 Å². The number of aromatic nitrogens is 1. The van der Waals surface area contributed by atoms with Gasteiger partial charge in [-0.2, -0.15) is 0 Å². The Morgan fingerprint density at radius 3 is 3.06 bits per heavy atom. The van der Waals surface area contributed by atoms with Crippen LogP contribution in [-0.2, 0) is 19.4 Å². The van der Waals surface area contributed by atoms with Crippen LogP contribution in [-0.4, -0.2) is 11.0 Å². The highest BCUT2D eigenvalue weighted by Crippen LogP contribution is 2.29. The highest BCUT2D eigenvalue weighted by molar-refractivity contribution is 5.88. The first-order valence-corrected chi connectivity index (χ1v) is 6.64. The minimum Gasteiger partial charge on any atom is -0.358 e. The first kappa shape index (κ1) is 10.8. The lowest BCUT2D eigenvalue weighted by Gasteiger charge is -2.20. The zero-order valence-corrected chi connectivity index (χ0v) is 10.6. The molecule has 1 aliphatic rings. The third kappa shape index (κ3) is 1.77. The molecule has 2 aromatic rings. The van der Waals surface area contributed by atoms with Crippen LogP contribution < -0.4 is 5.32 Å². The second kappa shape index (κ2) is 4.19. The molecule has 0 saturated heterocycles. The number of nitrogens with one attached hydrogen (secondary N) is 2. The van der Waals surface area contributed by atoms with Crippen LogP contribution in [0.4, 0.5) is 0 Å². The first-order valence-electron chi connectivity index (χ1n) is 6.64. The summed E-state index contributed by atoms with van der Waals surface area (Å²) in [4.78, 5) is 3.61. The molecule has 1 atom stereocenters. The standard InChI is InChI=1S/C15H20N2/c1-3-5-11-6-4-7-13-15(11)12-9-16-10(2)8-14(12)17-13/h4,6-7,10,16-17H,3,5,8-9H2,1-2H3. The maximum atomic E-state index is 3.61. The smallest absolute Gasteiger partial charge is 0.0462 e. The van der Waals surface area contributed by atoms with E-state index in [1.807, 2.05) is 0 Å². The van der Waals surface area contributed by atoms with Gasteiger partial charge in [0.05, 0.1) is 0 Å². The zero-order valence-electron chi connectivity index (χ0n) is 10.6. The van der Waals surface area contributed by atoms with Crippen LogP contribution in [0.1, 0.15) is 37.1 Å². The number of benzene rings is 1. The molecule has 0 amide bonds. The van der Waals surface area contributed by atoms with Crippen molar-refractivity contribution in [1.29, 1.82) is 0 Å². The van der Waals surface area contributed by atoms with Gasteiger partial charge in [-0.3, -0.25) is 0 Å². The Kier molecular flexibility index (Phi) is 2.67. The number of aryl methyl sites for hydroxylation is 1. The third-order valence-corrected chi connectivity index (χ3v) is 3.76. The van der Waals surface area contributed by atoms with Gasteiger partial charge in [0.2, 0.25) is 0 Å². The predicted octanol–water partition coefficient (Wildman–Crippen LogP) is 3.15. The quantitative estimate of drug-likeness (QED) is 0.812. The maximum Gasteiger partial charge on any atom is 0.0462 e. The molecule has 17 heavy (non-hydrogen) atoms. The van der Waals surface area contributed by atoms with E-state index >= 15 is 0 Å². The average molecular weight is 228 g/mol. The largest absolute Gasteiger partial charge is 0.358 e. The average Bonchev–Trinajstić information content (AvgIpc) is 2.67. The molecule has 0 fully saturated rings. The predicted molar refractivity (Wildman–Crippen MR) is 72.3 cm³/mol. The van der Waals surface area contributed by atoms with E-state index in [0.717, 1.165) is 13.0 Å². The van der Waals surface area contributed by atoms with E-state index in [1.54, 1.807) is 0 Å². The van der Waals surface area contributed by atoms with Crippen LogP contribution in [0.5, 0.6) is 0 Å². The molecule has 2 N–H and O–H groups in total. The van der Waals surface area contributed by atoms with Crippen molar-refractivity contribution in [1.82, 2.24) is 10.3 Å². The van der Waals surface area contributed by atoms with Gasteiger partial charge in [0.1, 0.15) is 0 Å². The summed E-state index contributed by atoms with van der Waals surface area (Å²) in [5, 5.41) is 5.04. The lowest BCUT2D eigenvalue weighted by atomic mass is 9.97. The van der Waals surface area contributed by atoms with E-state index < -0.39 is 0 Å². The van der Waals surface area contributed by atoms with Crippen LogP contribution in [0.2, 0.25) is 0 Å². The summed E-state index contributed by atoms with van der Waals surface area (Å²) in [5.74, 6) is 0. The molecule has 1 aliphatic heterocycles. The van der Waals surface area contributed by atoms with E-state index in [4.69, 9.17) is 0 Å². The van der Waals surface area contributed by atoms with Crippen molar-refractivity contribution in [3.8, 4) is 0 Å². The van der Waals surface area contributed by atoms with Crippen molar-refractivity contribution in [3.05, 3.63) is 35.0 Å². The van der Waals surface area contributed by atoms with Crippen molar-refractivity contribution in [2.24, 2.45) is 0 Å². The van der Waals surface area contributed by atoms with Gasteiger partial charge in [-0.15, -0.1) is 0 Å². The summed E-state index contributed by atoms with van der Waals surface area (Å²) in [6, 6.07) is 7.24. The van der Waals surface area contributed by atoms with Crippen LogP contribution >= 0.6 is 0 Å². The van der Waals surface area contributed by atoms with Gasteiger partial charge in [0.15, 0.2) is 0 Å². The Morgan fingerprint density at radius 1 is 1.35 bits per heavy atom. The Bertz CT molecular complexity index is 539. The Labute approximate surface area is 102 Å². The highest BCUT2D eigenvalue weighted by Gasteiger charge is 2.20.